The number of carbonyl (C=O) groups excluding carboxylic acids is 1. The van der Waals surface area contributed by atoms with E-state index in [1.807, 2.05) is 60.9 Å². The van der Waals surface area contributed by atoms with Gasteiger partial charge in [-0.05, 0) is 62.4 Å². The number of esters is 1. The number of nitro benzene ring substituents is 1. The van der Waals surface area contributed by atoms with Crippen LogP contribution in [0.1, 0.15) is 43.5 Å². The lowest BCUT2D eigenvalue weighted by atomic mass is 9.96. The molecule has 0 saturated heterocycles. The minimum atomic E-state index is -0.802. The lowest BCUT2D eigenvalue weighted by Gasteiger charge is -2.25. The summed E-state index contributed by atoms with van der Waals surface area (Å²) >= 11 is 2.66. The standard InChI is InChI=1S/C33H31N3O7S2/c1-19(2)43-32(38)29-20(3)34-33-35(30(29)22-11-13-24(44-5)14-12-22)31(37)28(45-33)16-23-15-26(41-4)27(17-25(23)36(39)40)42-18-21-9-7-6-8-10-21/h6-17,19,30H,18H2,1-5H3/b28-16-/t30-/m1/s1. The molecule has 1 aromatic heterocycles. The second kappa shape index (κ2) is 13.5. The van der Waals surface area contributed by atoms with Crippen LogP contribution in [0.25, 0.3) is 6.08 Å². The van der Waals surface area contributed by atoms with Crippen molar-refractivity contribution < 1.29 is 23.9 Å². The summed E-state index contributed by atoms with van der Waals surface area (Å²) < 4.78 is 18.6. The normalized spacial score (nSPS) is 14.6. The molecular weight excluding hydrogens is 615 g/mol. The largest absolute Gasteiger partial charge is 0.493 e. The minimum Gasteiger partial charge on any atom is -0.493 e. The van der Waals surface area contributed by atoms with Gasteiger partial charge in [0.25, 0.3) is 11.2 Å². The molecule has 1 atom stereocenters. The van der Waals surface area contributed by atoms with Gasteiger partial charge in [0.1, 0.15) is 6.61 Å². The third-order valence-corrected chi connectivity index (χ3v) is 8.78. The molecule has 3 aromatic carbocycles. The molecule has 0 aliphatic carbocycles. The number of hydrogen-bond donors (Lipinski definition) is 0. The molecule has 2 heterocycles. The summed E-state index contributed by atoms with van der Waals surface area (Å²) in [6.07, 6.45) is 3.03. The second-order valence-electron chi connectivity index (χ2n) is 10.4. The summed E-state index contributed by atoms with van der Waals surface area (Å²) in [4.78, 5) is 45.1. The first-order chi connectivity index (χ1) is 21.6. The van der Waals surface area contributed by atoms with Crippen LogP contribution in [0.2, 0.25) is 0 Å². The highest BCUT2D eigenvalue weighted by molar-refractivity contribution is 7.98. The zero-order valence-corrected chi connectivity index (χ0v) is 26.9. The van der Waals surface area contributed by atoms with Crippen molar-refractivity contribution >= 4 is 40.8 Å². The summed E-state index contributed by atoms with van der Waals surface area (Å²) in [5.74, 6) is -0.0906. The van der Waals surface area contributed by atoms with Crippen molar-refractivity contribution in [2.75, 3.05) is 13.4 Å². The van der Waals surface area contributed by atoms with E-state index >= 15 is 0 Å². The fourth-order valence-electron chi connectivity index (χ4n) is 4.95. The number of ether oxygens (including phenoxy) is 3. The number of hydrogen-bond acceptors (Lipinski definition) is 10. The van der Waals surface area contributed by atoms with Crippen molar-refractivity contribution in [3.63, 3.8) is 0 Å². The Balaban J connectivity index is 1.64. The Morgan fingerprint density at radius 3 is 2.47 bits per heavy atom. The molecular formula is C33H31N3O7S2. The van der Waals surface area contributed by atoms with E-state index in [2.05, 4.69) is 4.99 Å². The fourth-order valence-corrected chi connectivity index (χ4v) is 6.40. The first-order valence-corrected chi connectivity index (χ1v) is 16.1. The van der Waals surface area contributed by atoms with Gasteiger partial charge in [0.2, 0.25) is 0 Å². The maximum atomic E-state index is 14.1. The molecule has 0 unspecified atom stereocenters. The number of aromatic nitrogens is 1. The molecule has 0 fully saturated rings. The van der Waals surface area contributed by atoms with E-state index in [0.717, 1.165) is 21.8 Å². The van der Waals surface area contributed by atoms with Crippen LogP contribution in [-0.2, 0) is 16.1 Å². The molecule has 0 amide bonds. The average Bonchev–Trinajstić information content (AvgIpc) is 3.33. The Bertz CT molecular complexity index is 1960. The van der Waals surface area contributed by atoms with Gasteiger partial charge < -0.3 is 14.2 Å². The van der Waals surface area contributed by atoms with E-state index in [-0.39, 0.29) is 45.6 Å². The second-order valence-corrected chi connectivity index (χ2v) is 12.3. The topological polar surface area (TPSA) is 122 Å². The first kappa shape index (κ1) is 31.7. The number of carbonyl (C=O) groups is 1. The number of benzene rings is 3. The zero-order chi connectivity index (χ0) is 32.2. The van der Waals surface area contributed by atoms with Crippen LogP contribution in [0, 0.1) is 10.1 Å². The monoisotopic (exact) mass is 645 g/mol. The zero-order valence-electron chi connectivity index (χ0n) is 25.3. The Hall–Kier alpha value is -4.68. The van der Waals surface area contributed by atoms with Gasteiger partial charge in [0.05, 0.1) is 51.6 Å². The van der Waals surface area contributed by atoms with Crippen LogP contribution in [0.15, 0.2) is 92.7 Å². The molecule has 0 bridgehead atoms. The van der Waals surface area contributed by atoms with Crippen LogP contribution in [-0.4, -0.2) is 34.9 Å². The maximum absolute atomic E-state index is 14.1. The molecule has 0 radical (unpaired) electrons. The van der Waals surface area contributed by atoms with Gasteiger partial charge in [-0.15, -0.1) is 11.8 Å². The molecule has 4 aromatic rings. The predicted molar refractivity (Wildman–Crippen MR) is 174 cm³/mol. The lowest BCUT2D eigenvalue weighted by molar-refractivity contribution is -0.385. The van der Waals surface area contributed by atoms with E-state index in [0.29, 0.717) is 16.1 Å². The quantitative estimate of drug-likeness (QED) is 0.0972. The molecule has 1 aliphatic rings. The van der Waals surface area contributed by atoms with Crippen molar-refractivity contribution in [3.8, 4) is 11.5 Å². The van der Waals surface area contributed by atoms with Crippen LogP contribution >= 0.6 is 23.1 Å². The summed E-state index contributed by atoms with van der Waals surface area (Å²) in [6, 6.07) is 19.0. The summed E-state index contributed by atoms with van der Waals surface area (Å²) in [6.45, 7) is 5.40. The van der Waals surface area contributed by atoms with Gasteiger partial charge in [-0.2, -0.15) is 0 Å². The number of nitro groups is 1. The number of nitrogens with zero attached hydrogens (tertiary/aromatic N) is 3. The van der Waals surface area contributed by atoms with Crippen molar-refractivity contribution in [3.05, 3.63) is 124 Å². The Kier molecular flexibility index (Phi) is 9.54. The molecule has 0 N–H and O–H groups in total. The van der Waals surface area contributed by atoms with E-state index in [4.69, 9.17) is 14.2 Å². The smallest absolute Gasteiger partial charge is 0.338 e. The number of rotatable bonds is 10. The van der Waals surface area contributed by atoms with E-state index in [1.54, 1.807) is 32.5 Å². The van der Waals surface area contributed by atoms with Crippen molar-refractivity contribution in [2.45, 2.75) is 44.4 Å². The number of methoxy groups -OCH3 is 1. The summed E-state index contributed by atoms with van der Waals surface area (Å²) in [7, 11) is 1.44. The molecule has 232 valence electrons. The number of allylic oxidation sites excluding steroid dienone is 1. The molecule has 12 heteroatoms. The highest BCUT2D eigenvalue weighted by atomic mass is 32.2. The third kappa shape index (κ3) is 6.71. The van der Waals surface area contributed by atoms with E-state index in [1.165, 1.54) is 29.9 Å². The van der Waals surface area contributed by atoms with Crippen molar-refractivity contribution in [2.24, 2.45) is 4.99 Å². The molecule has 0 saturated carbocycles. The highest BCUT2D eigenvalue weighted by Gasteiger charge is 2.34. The third-order valence-electron chi connectivity index (χ3n) is 7.05. The molecule has 5 rings (SSSR count). The van der Waals surface area contributed by atoms with Crippen LogP contribution in [0.5, 0.6) is 11.5 Å². The van der Waals surface area contributed by atoms with Crippen LogP contribution in [0.4, 0.5) is 5.69 Å². The lowest BCUT2D eigenvalue weighted by Crippen LogP contribution is -2.40. The molecule has 1 aliphatic heterocycles. The highest BCUT2D eigenvalue weighted by Crippen LogP contribution is 2.36. The Morgan fingerprint density at radius 2 is 1.84 bits per heavy atom. The van der Waals surface area contributed by atoms with E-state index in [9.17, 15) is 19.7 Å². The van der Waals surface area contributed by atoms with Crippen LogP contribution < -0.4 is 24.4 Å². The van der Waals surface area contributed by atoms with Gasteiger partial charge in [-0.1, -0.05) is 53.8 Å². The SMILES string of the molecule is COc1cc(/C=c2\sc3n(c2=O)[C@H](c2ccc(SC)cc2)C(C(=O)OC(C)C)=C(C)N=3)c([N+](=O)[O-])cc1OCc1ccccc1. The van der Waals surface area contributed by atoms with Gasteiger partial charge in [-0.3, -0.25) is 19.5 Å². The number of fused-ring (bicyclic) bond motifs is 1. The van der Waals surface area contributed by atoms with Gasteiger partial charge in [0.15, 0.2) is 16.3 Å². The maximum Gasteiger partial charge on any atom is 0.338 e. The van der Waals surface area contributed by atoms with Gasteiger partial charge >= 0.3 is 5.97 Å². The fraction of sp³-hybridized carbons (Fsp3) is 0.242. The first-order valence-electron chi connectivity index (χ1n) is 14.0. The Labute approximate surface area is 267 Å². The average molecular weight is 646 g/mol. The minimum absolute atomic E-state index is 0.158. The molecule has 45 heavy (non-hydrogen) atoms. The van der Waals surface area contributed by atoms with Crippen LogP contribution in [0.3, 0.4) is 0 Å². The van der Waals surface area contributed by atoms with Gasteiger partial charge in [-0.25, -0.2) is 9.79 Å². The number of thiazole rings is 1. The van der Waals surface area contributed by atoms with Crippen molar-refractivity contribution in [1.82, 2.24) is 4.57 Å². The van der Waals surface area contributed by atoms with Gasteiger partial charge in [0, 0.05) is 4.90 Å². The molecule has 0 spiro atoms. The Morgan fingerprint density at radius 1 is 1.13 bits per heavy atom. The molecule has 10 nitrogen and oxygen atoms in total. The summed E-state index contributed by atoms with van der Waals surface area (Å²) in [5.41, 5.74) is 1.73. The predicted octanol–water partition coefficient (Wildman–Crippen LogP) is 5.40. The van der Waals surface area contributed by atoms with E-state index < -0.39 is 22.5 Å². The van der Waals surface area contributed by atoms with Crippen molar-refractivity contribution in [1.29, 1.82) is 0 Å². The number of thioether (sulfide) groups is 1. The summed E-state index contributed by atoms with van der Waals surface area (Å²) in [5, 5.41) is 12.2.